The Morgan fingerprint density at radius 2 is 2.05 bits per heavy atom. The van der Waals surface area contributed by atoms with Crippen LogP contribution in [-0.4, -0.2) is 24.4 Å². The zero-order valence-corrected chi connectivity index (χ0v) is 11.9. The van der Waals surface area contributed by atoms with Crippen LogP contribution in [0.1, 0.15) is 36.6 Å². The highest BCUT2D eigenvalue weighted by Gasteiger charge is 2.14. The summed E-state index contributed by atoms with van der Waals surface area (Å²) in [7, 11) is 2.00. The average Bonchev–Trinajstić information content (AvgIpc) is 2.98. The quantitative estimate of drug-likeness (QED) is 0.858. The maximum absolute atomic E-state index is 9.50. The van der Waals surface area contributed by atoms with Crippen LogP contribution >= 0.6 is 0 Å². The summed E-state index contributed by atoms with van der Waals surface area (Å²) in [6, 6.07) is 0. The van der Waals surface area contributed by atoms with E-state index in [-0.39, 0.29) is 6.61 Å². The monoisotopic (exact) mass is 262 g/mol. The van der Waals surface area contributed by atoms with Crippen LogP contribution in [0.25, 0.3) is 0 Å². The van der Waals surface area contributed by atoms with Gasteiger partial charge in [-0.1, -0.05) is 13.8 Å². The van der Waals surface area contributed by atoms with Crippen LogP contribution in [0.4, 0.5) is 0 Å². The molecule has 2 heterocycles. The minimum atomic E-state index is 0.0781. The molecule has 2 aromatic heterocycles. The first-order valence-electron chi connectivity index (χ1n) is 6.85. The fourth-order valence-electron chi connectivity index (χ4n) is 2.48. The van der Waals surface area contributed by atoms with Gasteiger partial charge in [-0.25, -0.2) is 4.98 Å². The summed E-state index contributed by atoms with van der Waals surface area (Å²) < 4.78 is 4.06. The lowest BCUT2D eigenvalue weighted by Crippen LogP contribution is -2.10. The highest BCUT2D eigenvalue weighted by Crippen LogP contribution is 2.16. The zero-order valence-electron chi connectivity index (χ0n) is 11.9. The van der Waals surface area contributed by atoms with Gasteiger partial charge in [0.25, 0.3) is 0 Å². The van der Waals surface area contributed by atoms with E-state index < -0.39 is 0 Å². The highest BCUT2D eigenvalue weighted by atomic mass is 16.3. The molecule has 2 rings (SSSR count). The predicted octanol–water partition coefficient (Wildman–Crippen LogP) is 1.48. The van der Waals surface area contributed by atoms with Gasteiger partial charge in [0.2, 0.25) is 0 Å². The van der Waals surface area contributed by atoms with E-state index in [0.717, 1.165) is 48.6 Å². The molecule has 2 aromatic rings. The first-order chi connectivity index (χ1) is 9.21. The molecule has 0 aliphatic carbocycles. The van der Waals surface area contributed by atoms with E-state index in [1.54, 1.807) is 0 Å². The van der Waals surface area contributed by atoms with Crippen molar-refractivity contribution in [3.05, 3.63) is 35.2 Å². The SMILES string of the molecule is CCc1nn(CCc2nccn2C)c(CC)c1CO. The summed E-state index contributed by atoms with van der Waals surface area (Å²) in [5.41, 5.74) is 3.16. The molecule has 0 aliphatic heterocycles. The maximum Gasteiger partial charge on any atom is 0.110 e. The molecule has 0 unspecified atom stereocenters. The molecule has 0 atom stereocenters. The van der Waals surface area contributed by atoms with Crippen molar-refractivity contribution in [3.8, 4) is 0 Å². The predicted molar refractivity (Wildman–Crippen MR) is 73.8 cm³/mol. The Balaban J connectivity index is 2.20. The number of nitrogens with zero attached hydrogens (tertiary/aromatic N) is 4. The van der Waals surface area contributed by atoms with Gasteiger partial charge in [-0.05, 0) is 12.8 Å². The number of aryl methyl sites for hydroxylation is 4. The lowest BCUT2D eigenvalue weighted by Gasteiger charge is -2.07. The molecule has 0 aliphatic rings. The van der Waals surface area contributed by atoms with E-state index in [0.29, 0.717) is 0 Å². The minimum Gasteiger partial charge on any atom is -0.392 e. The average molecular weight is 262 g/mol. The first kappa shape index (κ1) is 13.8. The van der Waals surface area contributed by atoms with Gasteiger partial charge in [0.15, 0.2) is 0 Å². The van der Waals surface area contributed by atoms with Crippen LogP contribution in [0, 0.1) is 0 Å². The Bertz CT molecular complexity index is 542. The molecular weight excluding hydrogens is 240 g/mol. The van der Waals surface area contributed by atoms with Gasteiger partial charge in [0.05, 0.1) is 12.3 Å². The van der Waals surface area contributed by atoms with Crippen LogP contribution < -0.4 is 0 Å². The standard InChI is InChI=1S/C14H22N4O/c1-4-12-11(10-19)13(5-2)18(16-12)8-6-14-15-7-9-17(14)3/h7,9,19H,4-6,8,10H2,1-3H3. The molecule has 0 radical (unpaired) electrons. The van der Waals surface area contributed by atoms with Crippen LogP contribution in [0.3, 0.4) is 0 Å². The maximum atomic E-state index is 9.50. The number of aliphatic hydroxyl groups excluding tert-OH is 1. The van der Waals surface area contributed by atoms with Crippen LogP contribution in [0.2, 0.25) is 0 Å². The summed E-state index contributed by atoms with van der Waals surface area (Å²) in [6.45, 7) is 5.06. The second-order valence-corrected chi connectivity index (χ2v) is 4.66. The normalized spacial score (nSPS) is 11.2. The minimum absolute atomic E-state index is 0.0781. The lowest BCUT2D eigenvalue weighted by molar-refractivity contribution is 0.279. The largest absolute Gasteiger partial charge is 0.392 e. The lowest BCUT2D eigenvalue weighted by atomic mass is 10.1. The Hall–Kier alpha value is -1.62. The Labute approximate surface area is 113 Å². The Morgan fingerprint density at radius 1 is 1.26 bits per heavy atom. The van der Waals surface area contributed by atoms with E-state index in [1.807, 2.05) is 28.7 Å². The number of hydrogen-bond acceptors (Lipinski definition) is 3. The van der Waals surface area contributed by atoms with Crippen LogP contribution in [0.5, 0.6) is 0 Å². The van der Waals surface area contributed by atoms with E-state index in [2.05, 4.69) is 23.9 Å². The number of hydrogen-bond donors (Lipinski definition) is 1. The fraction of sp³-hybridized carbons (Fsp3) is 0.571. The molecule has 0 bridgehead atoms. The molecule has 1 N–H and O–H groups in total. The fourth-order valence-corrected chi connectivity index (χ4v) is 2.48. The first-order valence-corrected chi connectivity index (χ1v) is 6.85. The van der Waals surface area contributed by atoms with Crippen molar-refractivity contribution in [3.63, 3.8) is 0 Å². The van der Waals surface area contributed by atoms with Gasteiger partial charge >= 0.3 is 0 Å². The summed E-state index contributed by atoms with van der Waals surface area (Å²) in [5.74, 6) is 1.06. The number of aliphatic hydroxyl groups is 1. The third-order valence-corrected chi connectivity index (χ3v) is 3.55. The van der Waals surface area contributed by atoms with E-state index >= 15 is 0 Å². The molecule has 0 aromatic carbocycles. The van der Waals surface area contributed by atoms with Gasteiger partial charge in [-0.3, -0.25) is 4.68 Å². The third-order valence-electron chi connectivity index (χ3n) is 3.55. The third kappa shape index (κ3) is 2.71. The number of aromatic nitrogens is 4. The highest BCUT2D eigenvalue weighted by molar-refractivity contribution is 5.26. The van der Waals surface area contributed by atoms with Crippen molar-refractivity contribution >= 4 is 0 Å². The van der Waals surface area contributed by atoms with Gasteiger partial charge < -0.3 is 9.67 Å². The molecular formula is C14H22N4O. The molecule has 0 saturated heterocycles. The molecule has 0 amide bonds. The summed E-state index contributed by atoms with van der Waals surface area (Å²) in [6.07, 6.45) is 6.37. The van der Waals surface area contributed by atoms with Gasteiger partial charge in [-0.15, -0.1) is 0 Å². The molecule has 19 heavy (non-hydrogen) atoms. The Kier molecular flexibility index (Phi) is 4.37. The van der Waals surface area contributed by atoms with Crippen molar-refractivity contribution < 1.29 is 5.11 Å². The number of imidazole rings is 1. The van der Waals surface area contributed by atoms with Crippen molar-refractivity contribution in [1.82, 2.24) is 19.3 Å². The summed E-state index contributed by atoms with van der Waals surface area (Å²) in [5, 5.41) is 14.1. The molecule has 5 nitrogen and oxygen atoms in total. The van der Waals surface area contributed by atoms with E-state index in [1.165, 1.54) is 0 Å². The smallest absolute Gasteiger partial charge is 0.110 e. The van der Waals surface area contributed by atoms with Crippen molar-refractivity contribution in [1.29, 1.82) is 0 Å². The van der Waals surface area contributed by atoms with Gasteiger partial charge in [0.1, 0.15) is 5.82 Å². The van der Waals surface area contributed by atoms with Gasteiger partial charge in [0, 0.05) is 43.7 Å². The second-order valence-electron chi connectivity index (χ2n) is 4.66. The molecule has 5 heteroatoms. The molecule has 0 fully saturated rings. The Morgan fingerprint density at radius 3 is 2.58 bits per heavy atom. The summed E-state index contributed by atoms with van der Waals surface area (Å²) in [4.78, 5) is 4.33. The van der Waals surface area contributed by atoms with Crippen molar-refractivity contribution in [2.24, 2.45) is 7.05 Å². The van der Waals surface area contributed by atoms with E-state index in [9.17, 15) is 5.11 Å². The van der Waals surface area contributed by atoms with E-state index in [4.69, 9.17) is 0 Å². The van der Waals surface area contributed by atoms with Gasteiger partial charge in [-0.2, -0.15) is 5.10 Å². The van der Waals surface area contributed by atoms with Crippen molar-refractivity contribution in [2.45, 2.75) is 46.3 Å². The van der Waals surface area contributed by atoms with Crippen LogP contribution in [0.15, 0.2) is 12.4 Å². The van der Waals surface area contributed by atoms with Crippen LogP contribution in [-0.2, 0) is 39.5 Å². The number of rotatable bonds is 6. The molecule has 104 valence electrons. The summed E-state index contributed by atoms with van der Waals surface area (Å²) >= 11 is 0. The zero-order chi connectivity index (χ0) is 13.8. The molecule has 0 saturated carbocycles. The topological polar surface area (TPSA) is 55.9 Å². The molecule has 0 spiro atoms. The second kappa shape index (κ2) is 6.02. The van der Waals surface area contributed by atoms with Crippen molar-refractivity contribution in [2.75, 3.05) is 0 Å².